The highest BCUT2D eigenvalue weighted by molar-refractivity contribution is 8.16. The summed E-state index contributed by atoms with van der Waals surface area (Å²) >= 11 is 0. The predicted octanol–water partition coefficient (Wildman–Crippen LogP) is 3.67. The number of hydrogen-bond donors (Lipinski definition) is 3. The second-order valence-corrected chi connectivity index (χ2v) is 11.7. The van der Waals surface area contributed by atoms with Gasteiger partial charge in [0.1, 0.15) is 29.4 Å². The lowest BCUT2D eigenvalue weighted by Crippen LogP contribution is -2.27. The van der Waals surface area contributed by atoms with Crippen LogP contribution in [-0.4, -0.2) is 84.1 Å². The molecular weight excluding hydrogens is 558 g/mol. The van der Waals surface area contributed by atoms with Gasteiger partial charge < -0.3 is 29.1 Å². The van der Waals surface area contributed by atoms with Crippen molar-refractivity contribution in [3.8, 4) is 28.6 Å². The number of nitrogens with zero attached hydrogens (tertiary/aromatic N) is 6. The molecule has 0 spiro atoms. The Hall–Kier alpha value is -3.91. The molecule has 3 aromatic heterocycles. The highest BCUT2D eigenvalue weighted by atomic mass is 32.2. The van der Waals surface area contributed by atoms with E-state index in [1.54, 1.807) is 39.0 Å². The summed E-state index contributed by atoms with van der Waals surface area (Å²) in [5.41, 5.74) is 3.28. The molecule has 0 saturated heterocycles. The largest absolute Gasteiger partial charge is 0.494 e. The minimum Gasteiger partial charge on any atom is -0.494 e. The van der Waals surface area contributed by atoms with Gasteiger partial charge in [-0.25, -0.2) is 9.97 Å². The zero-order valence-corrected chi connectivity index (χ0v) is 25.4. The van der Waals surface area contributed by atoms with Crippen LogP contribution in [0.2, 0.25) is 0 Å². The Balaban J connectivity index is 1.80. The van der Waals surface area contributed by atoms with Crippen molar-refractivity contribution in [2.24, 2.45) is 0 Å². The highest BCUT2D eigenvalue weighted by Crippen LogP contribution is 2.40. The van der Waals surface area contributed by atoms with Gasteiger partial charge in [-0.1, -0.05) is 16.7 Å². The molecule has 0 radical (unpaired) electrons. The topological polar surface area (TPSA) is 150 Å². The van der Waals surface area contributed by atoms with Crippen LogP contribution in [0.3, 0.4) is 0 Å². The Morgan fingerprint density at radius 2 is 1.71 bits per heavy atom. The monoisotopic (exact) mass is 595 g/mol. The molecule has 1 unspecified atom stereocenters. The van der Waals surface area contributed by atoms with Crippen LogP contribution in [0, 0.1) is 13.8 Å². The molecule has 224 valence electrons. The first-order valence-electron chi connectivity index (χ1n) is 13.4. The van der Waals surface area contributed by atoms with Crippen molar-refractivity contribution in [2.45, 2.75) is 45.2 Å². The molecule has 0 amide bonds. The summed E-state index contributed by atoms with van der Waals surface area (Å²) in [5.74, 6) is 2.60. The molecule has 4 atom stereocenters. The number of benzene rings is 1. The minimum atomic E-state index is -1.03. The van der Waals surface area contributed by atoms with E-state index >= 15 is 0 Å². The fraction of sp³-hybridized carbons (Fsp3) is 0.379. The summed E-state index contributed by atoms with van der Waals surface area (Å²) in [6.07, 6.45) is 5.33. The first-order valence-corrected chi connectivity index (χ1v) is 14.7. The van der Waals surface area contributed by atoms with Gasteiger partial charge in [-0.2, -0.15) is 0 Å². The molecule has 13 heteroatoms. The molecule has 1 aromatic carbocycles. The summed E-state index contributed by atoms with van der Waals surface area (Å²) in [4.78, 5) is 13.4. The third-order valence-corrected chi connectivity index (χ3v) is 8.42. The summed E-state index contributed by atoms with van der Waals surface area (Å²) < 4.78 is 23.0. The number of anilines is 1. The Labute approximate surface area is 247 Å². The van der Waals surface area contributed by atoms with E-state index in [1.165, 1.54) is 0 Å². The molecule has 0 aliphatic heterocycles. The maximum absolute atomic E-state index is 10.0. The average molecular weight is 596 g/mol. The van der Waals surface area contributed by atoms with E-state index in [0.717, 1.165) is 16.7 Å². The quantitative estimate of drug-likeness (QED) is 0.194. The summed E-state index contributed by atoms with van der Waals surface area (Å²) in [5, 5.41) is 30.3. The maximum atomic E-state index is 10.0. The number of hydrogen-bond acceptors (Lipinski definition) is 11. The van der Waals surface area contributed by atoms with Crippen molar-refractivity contribution in [3.63, 3.8) is 0 Å². The van der Waals surface area contributed by atoms with Crippen LogP contribution in [0.1, 0.15) is 36.9 Å². The van der Waals surface area contributed by atoms with Crippen molar-refractivity contribution in [3.05, 3.63) is 66.0 Å². The smallest absolute Gasteiger partial charge is 0.239 e. The Morgan fingerprint density at radius 3 is 2.31 bits per heavy atom. The fourth-order valence-corrected chi connectivity index (χ4v) is 5.86. The number of aromatic nitrogens is 6. The van der Waals surface area contributed by atoms with Crippen LogP contribution in [0.25, 0.3) is 17.1 Å². The van der Waals surface area contributed by atoms with Gasteiger partial charge in [0.2, 0.25) is 5.95 Å². The molecule has 4 rings (SSSR count). The van der Waals surface area contributed by atoms with E-state index in [0.29, 0.717) is 34.8 Å². The van der Waals surface area contributed by atoms with E-state index in [2.05, 4.69) is 29.9 Å². The number of ether oxygens (including phenoxy) is 3. The third-order valence-electron chi connectivity index (χ3n) is 6.45. The first kappa shape index (κ1) is 31.0. The van der Waals surface area contributed by atoms with Gasteiger partial charge in [0.15, 0.2) is 11.6 Å². The predicted molar refractivity (Wildman–Crippen MR) is 163 cm³/mol. The Kier molecular flexibility index (Phi) is 10.6. The lowest BCUT2D eigenvalue weighted by molar-refractivity contribution is -0.0317. The molecule has 0 saturated carbocycles. The molecule has 0 aliphatic rings. The lowest BCUT2D eigenvalue weighted by atomic mass is 10.2. The lowest BCUT2D eigenvalue weighted by Gasteiger charge is -2.28. The highest BCUT2D eigenvalue weighted by Gasteiger charge is 2.29. The molecular formula is C29H37N7O5S. The van der Waals surface area contributed by atoms with Crippen LogP contribution in [0.4, 0.5) is 5.95 Å². The van der Waals surface area contributed by atoms with E-state index in [-0.39, 0.29) is 11.9 Å². The minimum absolute atomic E-state index is 0.0806. The van der Waals surface area contributed by atoms with Gasteiger partial charge in [-0.3, -0.25) is 9.55 Å². The molecule has 0 bridgehead atoms. The van der Waals surface area contributed by atoms with Crippen molar-refractivity contribution in [1.29, 1.82) is 0 Å². The molecule has 42 heavy (non-hydrogen) atoms. The number of rotatable bonds is 13. The van der Waals surface area contributed by atoms with Crippen LogP contribution in [0.15, 0.2) is 49.1 Å². The van der Waals surface area contributed by atoms with Crippen LogP contribution < -0.4 is 14.2 Å². The maximum Gasteiger partial charge on any atom is 0.239 e. The number of pyridine rings is 1. The number of methoxy groups -OCH3 is 2. The van der Waals surface area contributed by atoms with Crippen molar-refractivity contribution in [2.75, 3.05) is 32.2 Å². The van der Waals surface area contributed by atoms with Gasteiger partial charge in [0.25, 0.3) is 0 Å². The molecule has 4 aromatic rings. The van der Waals surface area contributed by atoms with E-state index in [9.17, 15) is 10.2 Å². The second kappa shape index (κ2) is 14.3. The van der Waals surface area contributed by atoms with E-state index in [4.69, 9.17) is 14.2 Å². The third kappa shape index (κ3) is 6.93. The second-order valence-electron chi connectivity index (χ2n) is 9.57. The number of para-hydroxylation sites is 1. The van der Waals surface area contributed by atoms with Crippen molar-refractivity contribution >= 4 is 22.0 Å². The van der Waals surface area contributed by atoms with E-state index < -0.39 is 29.5 Å². The van der Waals surface area contributed by atoms with Gasteiger partial charge in [0.05, 0.1) is 27.4 Å². The number of aliphatic hydroxyl groups excluding tert-OH is 2. The summed E-state index contributed by atoms with van der Waals surface area (Å²) in [6, 6.07) is 7.53. The first-order chi connectivity index (χ1) is 20.3. The zero-order chi connectivity index (χ0) is 30.2. The number of nitrogens with one attached hydrogen (secondary N) is 1. The van der Waals surface area contributed by atoms with Crippen LogP contribution in [0.5, 0.6) is 11.5 Å². The standard InChI is InChI=1S/C29H37N7O5S/c1-7-42(20(4)26(41-17-22(38)16-37)27-31-13-19(3)14-32-27)35-29-34-33-28(21-11-18(2)12-30-15-21)36(29)25-23(39-5)9-8-10-24(25)40-6/h7-15,20,22,26,37-38H,16-17H2,1-6H3,(H,34,35)/t20-,22-,26-,42?/m0/s1. The molecule has 3 N–H and O–H groups in total. The van der Waals surface area contributed by atoms with E-state index in [1.807, 2.05) is 61.9 Å². The summed E-state index contributed by atoms with van der Waals surface area (Å²) in [6.45, 7) is 7.32. The van der Waals surface area contributed by atoms with Crippen LogP contribution >= 0.6 is 10.7 Å². The van der Waals surface area contributed by atoms with Crippen molar-refractivity contribution in [1.82, 2.24) is 29.7 Å². The normalized spacial score (nSPS) is 14.3. The molecule has 3 heterocycles. The number of aryl methyl sites for hydroxylation is 2. The number of aliphatic hydroxyl groups is 2. The average Bonchev–Trinajstić information content (AvgIpc) is 3.42. The summed E-state index contributed by atoms with van der Waals surface area (Å²) in [7, 11) is 2.52. The van der Waals surface area contributed by atoms with Crippen LogP contribution in [-0.2, 0) is 4.74 Å². The molecule has 0 aliphatic carbocycles. The fourth-order valence-electron chi connectivity index (χ4n) is 4.32. The Bertz CT molecular complexity index is 1490. The SMILES string of the molecule is C/C=S(\Nc1nnc(-c2cncc(C)c2)n1-c1c(OC)cccc1OC)[C@@H](C)[C@H](OC[C@@H](O)CO)c1ncc(C)cn1. The van der Waals surface area contributed by atoms with Crippen molar-refractivity contribution < 1.29 is 24.4 Å². The molecule has 0 fully saturated rings. The van der Waals surface area contributed by atoms with Gasteiger partial charge in [0, 0.05) is 35.6 Å². The van der Waals surface area contributed by atoms with Gasteiger partial charge >= 0.3 is 0 Å². The van der Waals surface area contributed by atoms with Gasteiger partial charge in [-0.15, -0.1) is 10.2 Å². The van der Waals surface area contributed by atoms with Gasteiger partial charge in [-0.05, 0) is 62.4 Å². The Morgan fingerprint density at radius 1 is 1.02 bits per heavy atom. The molecule has 12 nitrogen and oxygen atoms in total. The zero-order valence-electron chi connectivity index (χ0n) is 24.6.